The molecule has 5 atom stereocenters. The summed E-state index contributed by atoms with van der Waals surface area (Å²) in [7, 11) is 0. The van der Waals surface area contributed by atoms with Gasteiger partial charge in [-0.15, -0.1) is 0 Å². The largest absolute Gasteiger partial charge is 0.370 e. The second kappa shape index (κ2) is 5.45. The van der Waals surface area contributed by atoms with E-state index in [4.69, 9.17) is 9.47 Å². The third kappa shape index (κ3) is 2.90. The van der Waals surface area contributed by atoms with E-state index >= 15 is 0 Å². The van der Waals surface area contributed by atoms with Gasteiger partial charge in [0.1, 0.15) is 11.4 Å². The monoisotopic (exact) mass is 308 g/mol. The highest BCUT2D eigenvalue weighted by atomic mass is 19.1. The van der Waals surface area contributed by atoms with E-state index in [0.717, 1.165) is 19.3 Å². The fourth-order valence-electron chi connectivity index (χ4n) is 3.85. The van der Waals surface area contributed by atoms with Crippen LogP contribution in [0, 0.1) is 17.3 Å². The highest BCUT2D eigenvalue weighted by molar-refractivity contribution is 5.28. The minimum atomic E-state index is -0.150. The highest BCUT2D eigenvalue weighted by Crippen LogP contribution is 2.54. The number of hydrogen-bond acceptors (Lipinski definition) is 2. The van der Waals surface area contributed by atoms with Crippen LogP contribution in [-0.4, -0.2) is 24.4 Å². The summed E-state index contributed by atoms with van der Waals surface area (Å²) < 4.78 is 26.3. The molecule has 1 saturated heterocycles. The normalized spacial score (nSPS) is 41.5. The lowest BCUT2D eigenvalue weighted by molar-refractivity contribution is -0.0196. The Morgan fingerprint density at radius 2 is 2.09 bits per heavy atom. The molecule has 1 aliphatic heterocycles. The van der Waals surface area contributed by atoms with Gasteiger partial charge in [0.05, 0.1) is 18.8 Å². The molecule has 2 nitrogen and oxygen atoms in total. The molecule has 2 fully saturated rings. The van der Waals surface area contributed by atoms with Crippen LogP contribution in [0.15, 0.2) is 23.6 Å². The number of rotatable bonds is 3. The summed E-state index contributed by atoms with van der Waals surface area (Å²) in [5.41, 5.74) is 0.819. The summed E-state index contributed by atoms with van der Waals surface area (Å²) in [6.07, 6.45) is 7.22. The van der Waals surface area contributed by atoms with Gasteiger partial charge >= 0.3 is 0 Å². The van der Waals surface area contributed by atoms with Crippen molar-refractivity contribution in [3.63, 3.8) is 0 Å². The zero-order valence-corrected chi connectivity index (χ0v) is 14.5. The van der Waals surface area contributed by atoms with E-state index in [1.54, 1.807) is 0 Å². The van der Waals surface area contributed by atoms with Gasteiger partial charge in [-0.1, -0.05) is 39.8 Å². The molecule has 3 rings (SSSR count). The zero-order valence-electron chi connectivity index (χ0n) is 14.5. The maximum absolute atomic E-state index is 14.2. The lowest BCUT2D eigenvalue weighted by Gasteiger charge is -2.38. The van der Waals surface area contributed by atoms with Gasteiger partial charge in [0, 0.05) is 11.5 Å². The molecule has 2 aliphatic carbocycles. The van der Waals surface area contributed by atoms with Gasteiger partial charge in [-0.2, -0.15) is 0 Å². The second-order valence-corrected chi connectivity index (χ2v) is 8.54. The van der Waals surface area contributed by atoms with Crippen LogP contribution in [0.5, 0.6) is 0 Å². The first kappa shape index (κ1) is 16.2. The second-order valence-electron chi connectivity index (χ2n) is 8.54. The third-order valence-electron chi connectivity index (χ3n) is 5.83. The van der Waals surface area contributed by atoms with E-state index < -0.39 is 0 Å². The summed E-state index contributed by atoms with van der Waals surface area (Å²) in [6, 6.07) is 0. The fraction of sp³-hybridized carbons (Fsp3) is 0.789. The van der Waals surface area contributed by atoms with Crippen molar-refractivity contribution in [3.05, 3.63) is 23.6 Å². The van der Waals surface area contributed by atoms with Gasteiger partial charge in [0.2, 0.25) is 0 Å². The average Bonchev–Trinajstić information content (AvgIpc) is 3.10. The standard InChI is InChI=1S/C19H29FO2/c1-12-7-6-8-13(17(12)20)11-21-15-9-14(18(2,3)4)10-16-19(15,5)22-16/h6,8,12,14-16H,7,9-11H2,1-5H3. The van der Waals surface area contributed by atoms with E-state index in [2.05, 4.69) is 27.7 Å². The van der Waals surface area contributed by atoms with Crippen LogP contribution in [0.1, 0.15) is 53.9 Å². The molecule has 1 saturated carbocycles. The number of ether oxygens (including phenoxy) is 2. The van der Waals surface area contributed by atoms with Crippen molar-refractivity contribution in [1.82, 2.24) is 0 Å². The van der Waals surface area contributed by atoms with Crippen LogP contribution in [0.25, 0.3) is 0 Å². The fourth-order valence-corrected chi connectivity index (χ4v) is 3.85. The van der Waals surface area contributed by atoms with Crippen molar-refractivity contribution in [2.24, 2.45) is 17.3 Å². The van der Waals surface area contributed by atoms with E-state index in [9.17, 15) is 4.39 Å². The van der Waals surface area contributed by atoms with Gasteiger partial charge in [-0.25, -0.2) is 4.39 Å². The van der Waals surface area contributed by atoms with Crippen molar-refractivity contribution < 1.29 is 13.9 Å². The predicted octanol–water partition coefficient (Wildman–Crippen LogP) is 4.80. The maximum Gasteiger partial charge on any atom is 0.118 e. The first-order valence-electron chi connectivity index (χ1n) is 8.56. The Morgan fingerprint density at radius 3 is 2.77 bits per heavy atom. The molecule has 0 spiro atoms. The topological polar surface area (TPSA) is 21.8 Å². The Morgan fingerprint density at radius 1 is 1.36 bits per heavy atom. The molecular formula is C19H29FO2. The zero-order chi connectivity index (χ0) is 16.1. The molecule has 0 N–H and O–H groups in total. The quantitative estimate of drug-likeness (QED) is 0.698. The molecule has 1 heterocycles. The van der Waals surface area contributed by atoms with E-state index in [0.29, 0.717) is 24.2 Å². The molecule has 0 aromatic carbocycles. The lowest BCUT2D eigenvalue weighted by atomic mass is 9.69. The molecule has 0 radical (unpaired) electrons. The number of epoxide rings is 1. The number of halogens is 1. The first-order valence-corrected chi connectivity index (χ1v) is 8.56. The SMILES string of the molecule is CC1CC=CC(COC2CC(C(C)(C)C)CC3OC23C)=C1F. The Balaban J connectivity index is 1.66. The van der Waals surface area contributed by atoms with Crippen molar-refractivity contribution in [2.75, 3.05) is 6.61 Å². The van der Waals surface area contributed by atoms with E-state index in [1.807, 2.05) is 19.1 Å². The molecule has 5 unspecified atom stereocenters. The van der Waals surface area contributed by atoms with Crippen LogP contribution < -0.4 is 0 Å². The first-order chi connectivity index (χ1) is 10.2. The van der Waals surface area contributed by atoms with Crippen LogP contribution >= 0.6 is 0 Å². The maximum atomic E-state index is 14.2. The van der Waals surface area contributed by atoms with Crippen LogP contribution in [0.4, 0.5) is 4.39 Å². The summed E-state index contributed by atoms with van der Waals surface area (Å²) in [6.45, 7) is 11.3. The molecule has 0 aromatic rings. The summed E-state index contributed by atoms with van der Waals surface area (Å²) in [4.78, 5) is 0. The third-order valence-corrected chi connectivity index (χ3v) is 5.83. The molecule has 0 bridgehead atoms. The Bertz CT molecular complexity index is 502. The van der Waals surface area contributed by atoms with Crippen molar-refractivity contribution in [1.29, 1.82) is 0 Å². The Labute approximate surface area is 133 Å². The minimum absolute atomic E-state index is 0.0101. The van der Waals surface area contributed by atoms with Crippen molar-refractivity contribution in [2.45, 2.75) is 71.7 Å². The van der Waals surface area contributed by atoms with Crippen molar-refractivity contribution >= 4 is 0 Å². The van der Waals surface area contributed by atoms with Crippen LogP contribution in [0.2, 0.25) is 0 Å². The van der Waals surface area contributed by atoms with Crippen LogP contribution in [0.3, 0.4) is 0 Å². The van der Waals surface area contributed by atoms with Gasteiger partial charge in [0.25, 0.3) is 0 Å². The summed E-state index contributed by atoms with van der Waals surface area (Å²) in [5.74, 6) is 0.569. The molecule has 0 aromatic heterocycles. The number of fused-ring (bicyclic) bond motifs is 1. The van der Waals surface area contributed by atoms with Gasteiger partial charge in [0.15, 0.2) is 0 Å². The predicted molar refractivity (Wildman–Crippen MR) is 86.3 cm³/mol. The molecule has 0 amide bonds. The molecule has 22 heavy (non-hydrogen) atoms. The Hall–Kier alpha value is -0.670. The highest BCUT2D eigenvalue weighted by Gasteiger charge is 2.62. The van der Waals surface area contributed by atoms with Crippen LogP contribution in [-0.2, 0) is 9.47 Å². The summed E-state index contributed by atoms with van der Waals surface area (Å²) >= 11 is 0. The lowest BCUT2D eigenvalue weighted by Crippen LogP contribution is -2.42. The Kier molecular flexibility index (Phi) is 4.01. The minimum Gasteiger partial charge on any atom is -0.370 e. The summed E-state index contributed by atoms with van der Waals surface area (Å²) in [5, 5.41) is 0. The molecule has 3 heteroatoms. The van der Waals surface area contributed by atoms with E-state index in [1.165, 1.54) is 0 Å². The van der Waals surface area contributed by atoms with Gasteiger partial charge in [-0.3, -0.25) is 0 Å². The average molecular weight is 308 g/mol. The van der Waals surface area contributed by atoms with Crippen molar-refractivity contribution in [3.8, 4) is 0 Å². The smallest absolute Gasteiger partial charge is 0.118 e. The van der Waals surface area contributed by atoms with Gasteiger partial charge < -0.3 is 9.47 Å². The molecule has 3 aliphatic rings. The molecule has 124 valence electrons. The molecular weight excluding hydrogens is 279 g/mol. The number of hydrogen-bond donors (Lipinski definition) is 0. The van der Waals surface area contributed by atoms with E-state index in [-0.39, 0.29) is 28.9 Å². The number of allylic oxidation sites excluding steroid dienone is 2. The van der Waals surface area contributed by atoms with Gasteiger partial charge in [-0.05, 0) is 37.5 Å².